The zero-order valence-electron chi connectivity index (χ0n) is 16.6. The van der Waals surface area contributed by atoms with Crippen molar-refractivity contribution in [3.8, 4) is 0 Å². The highest BCUT2D eigenvalue weighted by Crippen LogP contribution is 2.36. The van der Waals surface area contributed by atoms with Crippen molar-refractivity contribution in [3.05, 3.63) is 35.4 Å². The molecule has 2 amide bonds. The van der Waals surface area contributed by atoms with Crippen molar-refractivity contribution < 1.29 is 41.0 Å². The van der Waals surface area contributed by atoms with Gasteiger partial charge < -0.3 is 20.1 Å². The van der Waals surface area contributed by atoms with Crippen molar-refractivity contribution in [1.82, 2.24) is 10.6 Å². The summed E-state index contributed by atoms with van der Waals surface area (Å²) in [6, 6.07) is -0.596. The quantitative estimate of drug-likeness (QED) is 0.687. The molecule has 30 heavy (non-hydrogen) atoms. The topological polar surface area (TPSA) is 76.7 Å². The number of carbonyl (C=O) groups excluding carboxylic acids is 2. The molecule has 1 aliphatic rings. The molecule has 0 aliphatic carbocycles. The Balaban J connectivity index is 1.98. The molecule has 1 aromatic carbocycles. The number of ether oxygens (including phenoxy) is 2. The largest absolute Gasteiger partial charge is 0.444 e. The molecule has 1 aliphatic heterocycles. The predicted molar refractivity (Wildman–Crippen MR) is 95.4 cm³/mol. The third kappa shape index (κ3) is 6.54. The fourth-order valence-corrected chi connectivity index (χ4v) is 2.90. The zero-order valence-corrected chi connectivity index (χ0v) is 16.6. The van der Waals surface area contributed by atoms with E-state index in [9.17, 15) is 31.5 Å². The van der Waals surface area contributed by atoms with Gasteiger partial charge in [0, 0.05) is 6.54 Å². The first-order valence-corrected chi connectivity index (χ1v) is 9.21. The number of alkyl carbamates (subject to hydrolysis) is 1. The molecule has 0 spiro atoms. The number of alkyl halides is 3. The monoisotopic (exact) mass is 438 g/mol. The molecule has 2 rings (SSSR count). The molecule has 1 aromatic rings. The van der Waals surface area contributed by atoms with Crippen LogP contribution in [0.3, 0.4) is 0 Å². The number of nitrogens with one attached hydrogen (secondary N) is 2. The number of carbonyl (C=O) groups is 2. The lowest BCUT2D eigenvalue weighted by Crippen LogP contribution is -2.44. The summed E-state index contributed by atoms with van der Waals surface area (Å²) in [5.74, 6) is -4.01. The Morgan fingerprint density at radius 3 is 2.30 bits per heavy atom. The van der Waals surface area contributed by atoms with Gasteiger partial charge in [-0.1, -0.05) is 6.07 Å². The molecule has 0 unspecified atom stereocenters. The molecule has 0 bridgehead atoms. The number of hydrogen-bond donors (Lipinski definition) is 2. The van der Waals surface area contributed by atoms with Crippen LogP contribution in [0, 0.1) is 11.6 Å². The molecule has 2 N–H and O–H groups in total. The Bertz CT molecular complexity index is 759. The summed E-state index contributed by atoms with van der Waals surface area (Å²) in [7, 11) is 0. The van der Waals surface area contributed by atoms with Gasteiger partial charge in [-0.25, -0.2) is 13.6 Å². The van der Waals surface area contributed by atoms with Crippen LogP contribution in [0.5, 0.6) is 0 Å². The van der Waals surface area contributed by atoms with Gasteiger partial charge in [-0.2, -0.15) is 13.2 Å². The second kappa shape index (κ2) is 9.15. The lowest BCUT2D eigenvalue weighted by molar-refractivity contribution is -0.167. The van der Waals surface area contributed by atoms with Crippen LogP contribution in [0.25, 0.3) is 0 Å². The average molecular weight is 438 g/mol. The van der Waals surface area contributed by atoms with E-state index in [1.54, 1.807) is 26.1 Å². The third-order valence-corrected chi connectivity index (χ3v) is 4.18. The first-order valence-electron chi connectivity index (χ1n) is 9.21. The highest BCUT2D eigenvalue weighted by atomic mass is 19.4. The standard InChI is InChI=1S/C19H23F5N2O4/c1-18(2,3)30-17(28)25-9-10-7-8-13(29-10)16(27)26-15(19(22,23)24)14-11(20)5-4-6-12(14)21/h4-6,10,13,15H,7-9H2,1-3H3,(H,25,28)(H,26,27)/t10-,13+,15+/m1/s1. The molecule has 11 heteroatoms. The van der Waals surface area contributed by atoms with Crippen LogP contribution < -0.4 is 10.6 Å². The summed E-state index contributed by atoms with van der Waals surface area (Å²) in [5, 5.41) is 4.08. The highest BCUT2D eigenvalue weighted by Gasteiger charge is 2.46. The molecule has 0 aromatic heterocycles. The van der Waals surface area contributed by atoms with Crippen molar-refractivity contribution in [2.45, 2.75) is 63.6 Å². The van der Waals surface area contributed by atoms with Crippen LogP contribution in [0.2, 0.25) is 0 Å². The predicted octanol–water partition coefficient (Wildman–Crippen LogP) is 3.76. The Morgan fingerprint density at radius 2 is 1.77 bits per heavy atom. The van der Waals surface area contributed by atoms with Gasteiger partial charge in [-0.05, 0) is 45.7 Å². The van der Waals surface area contributed by atoms with Gasteiger partial charge in [-0.15, -0.1) is 0 Å². The van der Waals surface area contributed by atoms with Crippen molar-refractivity contribution in [1.29, 1.82) is 0 Å². The summed E-state index contributed by atoms with van der Waals surface area (Å²) < 4.78 is 78.3. The van der Waals surface area contributed by atoms with Gasteiger partial charge in [0.25, 0.3) is 0 Å². The lowest BCUT2D eigenvalue weighted by atomic mass is 10.0. The normalized spacial score (nSPS) is 20.5. The lowest BCUT2D eigenvalue weighted by Gasteiger charge is -2.24. The summed E-state index contributed by atoms with van der Waals surface area (Å²) in [5.41, 5.74) is -2.00. The van der Waals surface area contributed by atoms with Crippen LogP contribution in [-0.2, 0) is 14.3 Å². The minimum absolute atomic E-state index is 0.0106. The van der Waals surface area contributed by atoms with E-state index in [2.05, 4.69) is 5.32 Å². The summed E-state index contributed by atoms with van der Waals surface area (Å²) in [4.78, 5) is 23.9. The van der Waals surface area contributed by atoms with E-state index in [0.29, 0.717) is 18.6 Å². The smallest absolute Gasteiger partial charge is 0.413 e. The van der Waals surface area contributed by atoms with Crippen molar-refractivity contribution in [2.24, 2.45) is 0 Å². The Hall–Kier alpha value is -2.43. The average Bonchev–Trinajstić information content (AvgIpc) is 3.05. The first kappa shape index (κ1) is 23.8. The van der Waals surface area contributed by atoms with Gasteiger partial charge in [-0.3, -0.25) is 4.79 Å². The number of benzene rings is 1. The maximum atomic E-state index is 13.8. The van der Waals surface area contributed by atoms with E-state index in [1.807, 2.05) is 0 Å². The van der Waals surface area contributed by atoms with Crippen LogP contribution in [0.1, 0.15) is 45.2 Å². The molecule has 0 saturated carbocycles. The molecular formula is C19H23F5N2O4. The van der Waals surface area contributed by atoms with E-state index < -0.39 is 59.2 Å². The number of hydrogen-bond acceptors (Lipinski definition) is 4. The molecular weight excluding hydrogens is 415 g/mol. The van der Waals surface area contributed by atoms with E-state index in [-0.39, 0.29) is 13.0 Å². The van der Waals surface area contributed by atoms with E-state index >= 15 is 0 Å². The second-order valence-corrected chi connectivity index (χ2v) is 7.83. The summed E-state index contributed by atoms with van der Waals surface area (Å²) >= 11 is 0. The van der Waals surface area contributed by atoms with Crippen LogP contribution >= 0.6 is 0 Å². The number of rotatable bonds is 5. The molecule has 0 radical (unpaired) electrons. The molecule has 1 fully saturated rings. The van der Waals surface area contributed by atoms with Crippen LogP contribution in [-0.4, -0.2) is 42.5 Å². The molecule has 1 saturated heterocycles. The van der Waals surface area contributed by atoms with Gasteiger partial charge in [0.15, 0.2) is 6.04 Å². The van der Waals surface area contributed by atoms with Crippen molar-refractivity contribution >= 4 is 12.0 Å². The molecule has 1 heterocycles. The number of halogens is 5. The third-order valence-electron chi connectivity index (χ3n) is 4.18. The van der Waals surface area contributed by atoms with E-state index in [0.717, 1.165) is 6.07 Å². The number of amides is 2. The molecule has 3 atom stereocenters. The van der Waals surface area contributed by atoms with Gasteiger partial charge in [0.1, 0.15) is 23.3 Å². The first-order chi connectivity index (χ1) is 13.8. The van der Waals surface area contributed by atoms with E-state index in [1.165, 1.54) is 0 Å². The maximum Gasteiger partial charge on any atom is 0.413 e. The molecule has 6 nitrogen and oxygen atoms in total. The van der Waals surface area contributed by atoms with Gasteiger partial charge in [0.2, 0.25) is 5.91 Å². The zero-order chi connectivity index (χ0) is 22.7. The Morgan fingerprint density at radius 1 is 1.17 bits per heavy atom. The van der Waals surface area contributed by atoms with Gasteiger partial charge >= 0.3 is 12.3 Å². The van der Waals surface area contributed by atoms with Gasteiger partial charge in [0.05, 0.1) is 11.7 Å². The second-order valence-electron chi connectivity index (χ2n) is 7.83. The Kier molecular flexibility index (Phi) is 7.27. The molecule has 168 valence electrons. The fraction of sp³-hybridized carbons (Fsp3) is 0.579. The van der Waals surface area contributed by atoms with E-state index in [4.69, 9.17) is 9.47 Å². The highest BCUT2D eigenvalue weighted by molar-refractivity contribution is 5.81. The minimum atomic E-state index is -5.13. The summed E-state index contributed by atoms with van der Waals surface area (Å²) in [6.45, 7) is 5.01. The van der Waals surface area contributed by atoms with Crippen molar-refractivity contribution in [3.63, 3.8) is 0 Å². The van der Waals surface area contributed by atoms with Crippen molar-refractivity contribution in [2.75, 3.05) is 6.54 Å². The summed E-state index contributed by atoms with van der Waals surface area (Å²) in [6.07, 6.45) is -7.34. The minimum Gasteiger partial charge on any atom is -0.444 e. The fourth-order valence-electron chi connectivity index (χ4n) is 2.90. The Labute approximate surface area is 170 Å². The SMILES string of the molecule is CC(C)(C)OC(=O)NC[C@H]1CC[C@@H](C(=O)N[C@@H](c2c(F)cccc2F)C(F)(F)F)O1. The van der Waals surface area contributed by atoms with Crippen LogP contribution in [0.4, 0.5) is 26.7 Å². The maximum absolute atomic E-state index is 13.8. The van der Waals surface area contributed by atoms with Crippen LogP contribution in [0.15, 0.2) is 18.2 Å².